The Hall–Kier alpha value is 2.58. The van der Waals surface area contributed by atoms with Gasteiger partial charge in [-0.1, -0.05) is 91.8 Å². The summed E-state index contributed by atoms with van der Waals surface area (Å²) in [5.74, 6) is 0. The first-order valence-corrected chi connectivity index (χ1v) is 23.2. The monoisotopic (exact) mass is 672 g/mol. The van der Waals surface area contributed by atoms with Crippen molar-refractivity contribution in [1.29, 1.82) is 0 Å². The van der Waals surface area contributed by atoms with E-state index in [4.69, 9.17) is 0 Å². The van der Waals surface area contributed by atoms with Gasteiger partial charge in [0.1, 0.15) is 0 Å². The largest absolute Gasteiger partial charge is 0.338 e. The minimum absolute atomic E-state index is 0.0908. The standard InChI is InChI=1S/C7H14Br6N2OSi2/c8-17(9,10)5-1-3-14-7(16)15-4-2-6-18(11,12)13/h1-6H2,(H2,14,15,16). The number of rotatable bonds is 8. The lowest BCUT2D eigenvalue weighted by molar-refractivity contribution is 0.241. The summed E-state index contributed by atoms with van der Waals surface area (Å²) >= 11 is 21.3. The van der Waals surface area contributed by atoms with E-state index in [1.54, 1.807) is 0 Å². The molecule has 0 spiro atoms. The minimum Gasteiger partial charge on any atom is -0.338 e. The van der Waals surface area contributed by atoms with Gasteiger partial charge >= 0.3 is 6.03 Å². The Morgan fingerprint density at radius 2 is 1.11 bits per heavy atom. The molecule has 18 heavy (non-hydrogen) atoms. The van der Waals surface area contributed by atoms with E-state index in [0.29, 0.717) is 13.1 Å². The summed E-state index contributed by atoms with van der Waals surface area (Å²) < 4.78 is -3.05. The van der Waals surface area contributed by atoms with Gasteiger partial charge in [-0.15, -0.1) is 0 Å². The third kappa shape index (κ3) is 16.6. The average molecular weight is 678 g/mol. The van der Waals surface area contributed by atoms with Crippen molar-refractivity contribution in [2.45, 2.75) is 24.9 Å². The van der Waals surface area contributed by atoms with Crippen LogP contribution in [-0.4, -0.2) is 27.0 Å². The molecule has 0 saturated carbocycles. The van der Waals surface area contributed by atoms with Gasteiger partial charge in [0.25, 0.3) is 7.86 Å². The fourth-order valence-electron chi connectivity index (χ4n) is 1.04. The van der Waals surface area contributed by atoms with Crippen LogP contribution in [0, 0.1) is 0 Å². The quantitative estimate of drug-likeness (QED) is 0.204. The van der Waals surface area contributed by atoms with Crippen LogP contribution in [0.4, 0.5) is 4.79 Å². The van der Waals surface area contributed by atoms with Crippen molar-refractivity contribution in [3.63, 3.8) is 0 Å². The Bertz CT molecular complexity index is 233. The fraction of sp³-hybridized carbons (Fsp3) is 0.857. The molecule has 108 valence electrons. The zero-order valence-corrected chi connectivity index (χ0v) is 20.9. The number of urea groups is 1. The third-order valence-electron chi connectivity index (χ3n) is 1.85. The lowest BCUT2D eigenvalue weighted by Gasteiger charge is -2.11. The van der Waals surface area contributed by atoms with Crippen LogP contribution in [0.25, 0.3) is 0 Å². The molecule has 0 saturated heterocycles. The van der Waals surface area contributed by atoms with Crippen LogP contribution in [-0.2, 0) is 0 Å². The van der Waals surface area contributed by atoms with Gasteiger partial charge in [-0.3, -0.25) is 0 Å². The molecule has 2 N–H and O–H groups in total. The fourth-order valence-corrected chi connectivity index (χ4v) is 7.25. The zero-order valence-electron chi connectivity index (χ0n) is 9.42. The zero-order chi connectivity index (χ0) is 14.2. The van der Waals surface area contributed by atoms with E-state index >= 15 is 0 Å². The summed E-state index contributed by atoms with van der Waals surface area (Å²) in [5, 5.41) is 5.68. The van der Waals surface area contributed by atoms with Crippen molar-refractivity contribution in [3.05, 3.63) is 0 Å². The molecule has 0 rings (SSSR count). The van der Waals surface area contributed by atoms with Crippen molar-refractivity contribution < 1.29 is 4.79 Å². The maximum absolute atomic E-state index is 11.4. The molecule has 0 aromatic heterocycles. The van der Waals surface area contributed by atoms with Gasteiger partial charge in [-0.25, -0.2) is 4.79 Å². The van der Waals surface area contributed by atoms with Crippen LogP contribution in [0.15, 0.2) is 0 Å². The summed E-state index contributed by atoms with van der Waals surface area (Å²) in [6, 6.07) is 1.93. The van der Waals surface area contributed by atoms with Gasteiger partial charge in [0.05, 0.1) is 0 Å². The number of hydrogen-bond donors (Lipinski definition) is 2. The Morgan fingerprint density at radius 1 is 0.778 bits per heavy atom. The number of nitrogens with one attached hydrogen (secondary N) is 2. The molecule has 0 heterocycles. The van der Waals surface area contributed by atoms with Crippen LogP contribution < -0.4 is 10.6 Å². The smallest absolute Gasteiger partial charge is 0.314 e. The molecule has 0 bridgehead atoms. The Morgan fingerprint density at radius 3 is 1.39 bits per heavy atom. The second-order valence-corrected chi connectivity index (χ2v) is 50.6. The summed E-state index contributed by atoms with van der Waals surface area (Å²) in [4.78, 5) is 11.4. The van der Waals surface area contributed by atoms with Gasteiger partial charge in [0.2, 0.25) is 0 Å². The number of carbonyl (C=O) groups is 1. The van der Waals surface area contributed by atoms with Crippen LogP contribution in [0.2, 0.25) is 12.1 Å². The van der Waals surface area contributed by atoms with Crippen LogP contribution in [0.5, 0.6) is 0 Å². The summed E-state index contributed by atoms with van der Waals surface area (Å²) in [5.41, 5.74) is 0. The Balaban J connectivity index is 3.44. The van der Waals surface area contributed by atoms with E-state index in [2.05, 4.69) is 102 Å². The molecule has 0 aromatic rings. The molecule has 0 unspecified atom stereocenters. The molecule has 0 aliphatic heterocycles. The number of hydrogen-bond acceptors (Lipinski definition) is 1. The van der Waals surface area contributed by atoms with Crippen LogP contribution in [0.3, 0.4) is 0 Å². The van der Waals surface area contributed by atoms with Crippen molar-refractivity contribution in [2.75, 3.05) is 13.1 Å². The third-order valence-corrected chi connectivity index (χ3v) is 10.8. The molecule has 2 amide bonds. The first kappa shape index (κ1) is 20.6. The summed E-state index contributed by atoms with van der Waals surface area (Å²) in [6.45, 7) is 1.38. The highest BCUT2D eigenvalue weighted by Crippen LogP contribution is 2.33. The van der Waals surface area contributed by atoms with E-state index in [9.17, 15) is 4.79 Å². The van der Waals surface area contributed by atoms with E-state index in [1.165, 1.54) is 0 Å². The second kappa shape index (κ2) is 10.3. The molecule has 0 fully saturated rings. The van der Waals surface area contributed by atoms with Gasteiger partial charge < -0.3 is 10.6 Å². The van der Waals surface area contributed by atoms with E-state index in [0.717, 1.165) is 24.9 Å². The SMILES string of the molecule is O=C(NCCC[Si](Br)(Br)Br)NCCC[Si](Br)(Br)Br. The lowest BCUT2D eigenvalue weighted by atomic mass is 10.4. The summed E-state index contributed by atoms with van der Waals surface area (Å²) in [7, 11) is 0. The Kier molecular flexibility index (Phi) is 11.8. The molecular formula is C7H14Br6N2OSi2. The van der Waals surface area contributed by atoms with Gasteiger partial charge in [0.15, 0.2) is 0 Å². The minimum atomic E-state index is -1.53. The molecule has 0 aromatic carbocycles. The normalized spacial score (nSPS) is 12.3. The molecule has 0 aliphatic carbocycles. The molecule has 3 nitrogen and oxygen atoms in total. The molecule has 0 radical (unpaired) electrons. The number of halogens is 6. The van der Waals surface area contributed by atoms with Crippen molar-refractivity contribution >= 4 is 106 Å². The van der Waals surface area contributed by atoms with E-state index in [1.807, 2.05) is 0 Å². The maximum atomic E-state index is 11.4. The maximum Gasteiger partial charge on any atom is 0.314 e. The van der Waals surface area contributed by atoms with Crippen molar-refractivity contribution in [3.8, 4) is 0 Å². The number of amides is 2. The van der Waals surface area contributed by atoms with E-state index in [-0.39, 0.29) is 6.03 Å². The highest BCUT2D eigenvalue weighted by atomic mass is 80.0. The lowest BCUT2D eigenvalue weighted by Crippen LogP contribution is -2.37. The van der Waals surface area contributed by atoms with Crippen LogP contribution >= 0.6 is 91.8 Å². The highest BCUT2D eigenvalue weighted by Gasteiger charge is 2.21. The Labute approximate surface area is 157 Å². The molecule has 11 heteroatoms. The van der Waals surface area contributed by atoms with Gasteiger partial charge in [-0.2, -0.15) is 0 Å². The second-order valence-electron chi connectivity index (χ2n) is 3.62. The predicted octanol–water partition coefficient (Wildman–Crippen LogP) is 5.31. The first-order chi connectivity index (χ1) is 8.10. The topological polar surface area (TPSA) is 41.1 Å². The van der Waals surface area contributed by atoms with E-state index < -0.39 is 7.86 Å². The molecule has 0 atom stereocenters. The predicted molar refractivity (Wildman–Crippen MR) is 105 cm³/mol. The van der Waals surface area contributed by atoms with Crippen LogP contribution in [0.1, 0.15) is 12.8 Å². The number of carbonyl (C=O) groups excluding carboxylic acids is 1. The average Bonchev–Trinajstić information content (AvgIpc) is 2.17. The molecular weight excluding hydrogens is 664 g/mol. The van der Waals surface area contributed by atoms with Crippen molar-refractivity contribution in [2.24, 2.45) is 0 Å². The molecule has 0 aliphatic rings. The van der Waals surface area contributed by atoms with Gasteiger partial charge in [-0.05, 0) is 24.9 Å². The van der Waals surface area contributed by atoms with Crippen molar-refractivity contribution in [1.82, 2.24) is 10.6 Å². The first-order valence-electron chi connectivity index (χ1n) is 5.25. The summed E-state index contributed by atoms with van der Waals surface area (Å²) in [6.07, 6.45) is 1.89. The van der Waals surface area contributed by atoms with Gasteiger partial charge in [0, 0.05) is 13.1 Å². The highest BCUT2D eigenvalue weighted by molar-refractivity contribution is 9.72.